The number of amides is 2. The first-order valence-electron chi connectivity index (χ1n) is 8.11. The van der Waals surface area contributed by atoms with Crippen LogP contribution < -0.4 is 10.9 Å². The molecule has 7 heteroatoms. The van der Waals surface area contributed by atoms with Gasteiger partial charge in [0.2, 0.25) is 0 Å². The molecule has 128 valence electrons. The average Bonchev–Trinajstić information content (AvgIpc) is 3.22. The SMILES string of the molecule is O=C(NNC(=O)c1ccc(Br)s1)c1ccc2[nH]c3c(c2c1)CCCC3. The molecule has 3 N–H and O–H groups in total. The molecule has 4 rings (SSSR count). The first-order chi connectivity index (χ1) is 12.1. The van der Waals surface area contributed by atoms with E-state index in [0.29, 0.717) is 10.4 Å². The number of carbonyl (C=O) groups excluding carboxylic acids is 2. The van der Waals surface area contributed by atoms with Crippen molar-refractivity contribution in [1.82, 2.24) is 15.8 Å². The Morgan fingerprint density at radius 1 is 1.04 bits per heavy atom. The fourth-order valence-corrected chi connectivity index (χ4v) is 4.51. The highest BCUT2D eigenvalue weighted by Crippen LogP contribution is 2.29. The Morgan fingerprint density at radius 3 is 2.64 bits per heavy atom. The Labute approximate surface area is 156 Å². The number of aromatic nitrogens is 1. The minimum absolute atomic E-state index is 0.323. The standard InChI is InChI=1S/C18H16BrN3O2S/c19-16-8-7-15(25-16)18(24)22-21-17(23)10-5-6-14-12(9-10)11-3-1-2-4-13(11)20-14/h5-9,20H,1-4H2,(H,21,23)(H,22,24). The van der Waals surface area contributed by atoms with E-state index in [1.165, 1.54) is 35.4 Å². The molecule has 1 aliphatic carbocycles. The van der Waals surface area contributed by atoms with Crippen LogP contribution in [0.5, 0.6) is 0 Å². The lowest BCUT2D eigenvalue weighted by Crippen LogP contribution is -2.41. The van der Waals surface area contributed by atoms with E-state index >= 15 is 0 Å². The van der Waals surface area contributed by atoms with Gasteiger partial charge in [0.05, 0.1) is 8.66 Å². The van der Waals surface area contributed by atoms with Gasteiger partial charge in [-0.05, 0) is 77.5 Å². The van der Waals surface area contributed by atoms with Crippen LogP contribution >= 0.6 is 27.3 Å². The molecule has 0 saturated heterocycles. The lowest BCUT2D eigenvalue weighted by molar-refractivity contribution is 0.0849. The minimum atomic E-state index is -0.329. The maximum Gasteiger partial charge on any atom is 0.279 e. The van der Waals surface area contributed by atoms with Gasteiger partial charge in [-0.2, -0.15) is 0 Å². The fraction of sp³-hybridized carbons (Fsp3) is 0.222. The van der Waals surface area contributed by atoms with Gasteiger partial charge in [-0.1, -0.05) is 0 Å². The number of benzene rings is 1. The van der Waals surface area contributed by atoms with Crippen LogP contribution in [-0.4, -0.2) is 16.8 Å². The van der Waals surface area contributed by atoms with E-state index in [4.69, 9.17) is 0 Å². The summed E-state index contributed by atoms with van der Waals surface area (Å²) in [4.78, 5) is 28.4. The van der Waals surface area contributed by atoms with Gasteiger partial charge in [-0.25, -0.2) is 0 Å². The number of halogens is 1. The van der Waals surface area contributed by atoms with Crippen molar-refractivity contribution >= 4 is 50.0 Å². The number of aryl methyl sites for hydroxylation is 2. The van der Waals surface area contributed by atoms with Gasteiger partial charge >= 0.3 is 0 Å². The number of rotatable bonds is 2. The summed E-state index contributed by atoms with van der Waals surface area (Å²) >= 11 is 4.63. The topological polar surface area (TPSA) is 74.0 Å². The zero-order chi connectivity index (χ0) is 17.4. The second kappa shape index (κ2) is 6.65. The summed E-state index contributed by atoms with van der Waals surface area (Å²) in [6.45, 7) is 0. The van der Waals surface area contributed by atoms with Crippen LogP contribution in [0.4, 0.5) is 0 Å². The number of H-pyrrole nitrogens is 1. The third-order valence-corrected chi connectivity index (χ3v) is 6.07. The van der Waals surface area contributed by atoms with Crippen molar-refractivity contribution in [3.63, 3.8) is 0 Å². The third kappa shape index (κ3) is 3.21. The maximum absolute atomic E-state index is 12.4. The Balaban J connectivity index is 1.51. The average molecular weight is 418 g/mol. The predicted molar refractivity (Wildman–Crippen MR) is 102 cm³/mol. The van der Waals surface area contributed by atoms with E-state index < -0.39 is 0 Å². The van der Waals surface area contributed by atoms with Crippen molar-refractivity contribution in [2.24, 2.45) is 0 Å². The number of hydrogen-bond acceptors (Lipinski definition) is 3. The van der Waals surface area contributed by atoms with E-state index in [9.17, 15) is 9.59 Å². The Morgan fingerprint density at radius 2 is 1.84 bits per heavy atom. The zero-order valence-electron chi connectivity index (χ0n) is 13.3. The summed E-state index contributed by atoms with van der Waals surface area (Å²) in [5.74, 6) is -0.652. The zero-order valence-corrected chi connectivity index (χ0v) is 15.7. The Bertz CT molecular complexity index is 976. The predicted octanol–water partition coefficient (Wildman–Crippen LogP) is 3.95. The largest absolute Gasteiger partial charge is 0.358 e. The molecule has 0 aliphatic heterocycles. The van der Waals surface area contributed by atoms with Crippen molar-refractivity contribution < 1.29 is 9.59 Å². The van der Waals surface area contributed by atoms with Crippen molar-refractivity contribution in [2.75, 3.05) is 0 Å². The molecule has 0 bridgehead atoms. The van der Waals surface area contributed by atoms with E-state index in [-0.39, 0.29) is 11.8 Å². The smallest absolute Gasteiger partial charge is 0.279 e. The summed E-state index contributed by atoms with van der Waals surface area (Å²) in [5.41, 5.74) is 9.15. The van der Waals surface area contributed by atoms with Crippen LogP contribution in [0.1, 0.15) is 44.1 Å². The summed E-state index contributed by atoms with van der Waals surface area (Å²) in [6, 6.07) is 9.10. The fourth-order valence-electron chi connectivity index (χ4n) is 3.23. The van der Waals surface area contributed by atoms with Crippen LogP contribution in [0.25, 0.3) is 10.9 Å². The number of aromatic amines is 1. The van der Waals surface area contributed by atoms with Crippen LogP contribution in [0.2, 0.25) is 0 Å². The highest BCUT2D eigenvalue weighted by Gasteiger charge is 2.17. The molecule has 0 fully saturated rings. The second-order valence-electron chi connectivity index (χ2n) is 6.06. The maximum atomic E-state index is 12.4. The molecule has 0 unspecified atom stereocenters. The lowest BCUT2D eigenvalue weighted by Gasteiger charge is -2.10. The first-order valence-corrected chi connectivity index (χ1v) is 9.72. The number of nitrogens with one attached hydrogen (secondary N) is 3. The van der Waals surface area contributed by atoms with Gasteiger partial charge in [0.1, 0.15) is 0 Å². The minimum Gasteiger partial charge on any atom is -0.358 e. The molecule has 0 saturated carbocycles. The molecule has 0 radical (unpaired) electrons. The van der Waals surface area contributed by atoms with Crippen molar-refractivity contribution in [2.45, 2.75) is 25.7 Å². The summed E-state index contributed by atoms with van der Waals surface area (Å²) in [5, 5.41) is 1.11. The van der Waals surface area contributed by atoms with Gasteiger partial charge in [0.15, 0.2) is 0 Å². The molecule has 1 aromatic carbocycles. The van der Waals surface area contributed by atoms with Crippen molar-refractivity contribution in [1.29, 1.82) is 0 Å². The van der Waals surface area contributed by atoms with Crippen molar-refractivity contribution in [3.05, 3.63) is 55.8 Å². The van der Waals surface area contributed by atoms with Gasteiger partial charge in [-0.15, -0.1) is 11.3 Å². The first kappa shape index (κ1) is 16.4. The third-order valence-electron chi connectivity index (χ3n) is 4.45. The normalized spacial score (nSPS) is 13.5. The summed E-state index contributed by atoms with van der Waals surface area (Å²) in [6.07, 6.45) is 4.50. The van der Waals surface area contributed by atoms with E-state index in [0.717, 1.165) is 27.5 Å². The molecule has 2 amide bonds. The van der Waals surface area contributed by atoms with Crippen molar-refractivity contribution in [3.8, 4) is 0 Å². The van der Waals surface area contributed by atoms with Crippen LogP contribution in [0.3, 0.4) is 0 Å². The molecular weight excluding hydrogens is 402 g/mol. The second-order valence-corrected chi connectivity index (χ2v) is 8.52. The lowest BCUT2D eigenvalue weighted by atomic mass is 9.95. The monoisotopic (exact) mass is 417 g/mol. The number of hydrogen-bond donors (Lipinski definition) is 3. The number of carbonyl (C=O) groups is 2. The number of fused-ring (bicyclic) bond motifs is 3. The molecule has 1 aliphatic rings. The molecule has 5 nitrogen and oxygen atoms in total. The summed E-state index contributed by atoms with van der Waals surface area (Å²) < 4.78 is 0.867. The van der Waals surface area contributed by atoms with Crippen LogP contribution in [0, 0.1) is 0 Å². The molecule has 0 spiro atoms. The highest BCUT2D eigenvalue weighted by molar-refractivity contribution is 9.11. The van der Waals surface area contributed by atoms with E-state index in [1.54, 1.807) is 18.2 Å². The Kier molecular flexibility index (Phi) is 4.35. The quantitative estimate of drug-likeness (QED) is 0.552. The Hall–Kier alpha value is -2.12. The molecule has 0 atom stereocenters. The molecule has 2 aromatic heterocycles. The molecule has 3 aromatic rings. The van der Waals surface area contributed by atoms with E-state index in [1.807, 2.05) is 12.1 Å². The van der Waals surface area contributed by atoms with Gasteiger partial charge in [0, 0.05) is 22.2 Å². The number of hydrazine groups is 1. The van der Waals surface area contributed by atoms with Gasteiger partial charge in [-0.3, -0.25) is 20.4 Å². The summed E-state index contributed by atoms with van der Waals surface area (Å²) in [7, 11) is 0. The number of thiophene rings is 1. The highest BCUT2D eigenvalue weighted by atomic mass is 79.9. The molecule has 2 heterocycles. The van der Waals surface area contributed by atoms with Gasteiger partial charge < -0.3 is 4.98 Å². The molecule has 25 heavy (non-hydrogen) atoms. The van der Waals surface area contributed by atoms with Crippen LogP contribution in [0.15, 0.2) is 34.1 Å². The van der Waals surface area contributed by atoms with Gasteiger partial charge in [0.25, 0.3) is 11.8 Å². The van der Waals surface area contributed by atoms with E-state index in [2.05, 4.69) is 31.8 Å². The molecular formula is C18H16BrN3O2S. The van der Waals surface area contributed by atoms with Crippen LogP contribution in [-0.2, 0) is 12.8 Å².